The Hall–Kier alpha value is -3.37. The van der Waals surface area contributed by atoms with Gasteiger partial charge in [0.1, 0.15) is 5.82 Å². The van der Waals surface area contributed by atoms with E-state index in [-0.39, 0.29) is 18.5 Å². The minimum Gasteiger partial charge on any atom is -0.481 e. The van der Waals surface area contributed by atoms with E-state index in [1.165, 1.54) is 19.2 Å². The van der Waals surface area contributed by atoms with Gasteiger partial charge < -0.3 is 20.0 Å². The predicted octanol–water partition coefficient (Wildman–Crippen LogP) is 6.02. The highest BCUT2D eigenvalue weighted by molar-refractivity contribution is 7.99. The Bertz CT molecular complexity index is 1280. The number of amides is 1. The summed E-state index contributed by atoms with van der Waals surface area (Å²) in [6.45, 7) is 6.88. The number of hydrogen-bond acceptors (Lipinski definition) is 6. The maximum Gasteiger partial charge on any atom is 0.416 e. The largest absolute Gasteiger partial charge is 0.481 e. The molecule has 262 valence electrons. The van der Waals surface area contributed by atoms with Crippen LogP contribution in [0.25, 0.3) is 0 Å². The Labute approximate surface area is 272 Å². The topological polar surface area (TPSA) is 101 Å². The van der Waals surface area contributed by atoms with Crippen molar-refractivity contribution in [3.63, 3.8) is 0 Å². The number of rotatable bonds is 8. The first-order valence-electron chi connectivity index (χ1n) is 14.5. The van der Waals surface area contributed by atoms with Gasteiger partial charge in [0.05, 0.1) is 11.1 Å². The van der Waals surface area contributed by atoms with Crippen LogP contribution in [0.4, 0.5) is 30.7 Å². The molecule has 0 radical (unpaired) electrons. The number of carboxylic acids is 2. The van der Waals surface area contributed by atoms with Crippen LogP contribution in [0.2, 0.25) is 0 Å². The third-order valence-electron chi connectivity index (χ3n) is 7.31. The number of carbonyl (C=O) groups excluding carboxylic acids is 1. The van der Waals surface area contributed by atoms with E-state index < -0.39 is 52.7 Å². The molecule has 0 aromatic heterocycles. The molecule has 2 saturated heterocycles. The molecular formula is C31H38F7N3O5S. The molecule has 2 heterocycles. The molecule has 47 heavy (non-hydrogen) atoms. The van der Waals surface area contributed by atoms with E-state index in [0.29, 0.717) is 31.1 Å². The van der Waals surface area contributed by atoms with Crippen LogP contribution >= 0.6 is 11.8 Å². The molecule has 8 nitrogen and oxygen atoms in total. The minimum atomic E-state index is -5.05. The van der Waals surface area contributed by atoms with Crippen LogP contribution in [0.5, 0.6) is 0 Å². The third kappa shape index (κ3) is 13.7. The van der Waals surface area contributed by atoms with Gasteiger partial charge in [-0.15, -0.1) is 0 Å². The van der Waals surface area contributed by atoms with Crippen LogP contribution in [0.15, 0.2) is 42.5 Å². The molecule has 1 atom stereocenters. The van der Waals surface area contributed by atoms with Crippen molar-refractivity contribution in [3.05, 3.63) is 70.5 Å². The zero-order valence-electron chi connectivity index (χ0n) is 26.1. The van der Waals surface area contributed by atoms with Crippen molar-refractivity contribution in [3.8, 4) is 0 Å². The van der Waals surface area contributed by atoms with E-state index >= 15 is 0 Å². The summed E-state index contributed by atoms with van der Waals surface area (Å²) < 4.78 is 93.3. The lowest BCUT2D eigenvalue weighted by Gasteiger charge is -2.47. The first kappa shape index (κ1) is 39.8. The Balaban J connectivity index is 0.000000862. The number of aliphatic carboxylic acids is 2. The fourth-order valence-electron chi connectivity index (χ4n) is 5.05. The van der Waals surface area contributed by atoms with Crippen molar-refractivity contribution < 1.29 is 55.3 Å². The number of nitrogens with zero attached hydrogens (tertiary/aromatic N) is 3. The normalized spacial score (nSPS) is 16.5. The van der Waals surface area contributed by atoms with Gasteiger partial charge in [-0.1, -0.05) is 12.1 Å². The zero-order valence-corrected chi connectivity index (χ0v) is 26.9. The Kier molecular flexibility index (Phi) is 15.0. The van der Waals surface area contributed by atoms with Crippen LogP contribution in [0, 0.1) is 5.82 Å². The van der Waals surface area contributed by atoms with Crippen molar-refractivity contribution in [2.24, 2.45) is 0 Å². The second-order valence-corrected chi connectivity index (χ2v) is 12.3. The van der Waals surface area contributed by atoms with Crippen LogP contribution < -0.4 is 0 Å². The summed E-state index contributed by atoms with van der Waals surface area (Å²) in [5.41, 5.74) is -3.03. The highest BCUT2D eigenvalue weighted by Crippen LogP contribution is 2.37. The van der Waals surface area contributed by atoms with Crippen molar-refractivity contribution in [2.45, 2.75) is 44.6 Å². The smallest absolute Gasteiger partial charge is 0.416 e. The summed E-state index contributed by atoms with van der Waals surface area (Å²) in [6.07, 6.45) is -9.51. The van der Waals surface area contributed by atoms with Gasteiger partial charge in [-0.3, -0.25) is 19.3 Å². The van der Waals surface area contributed by atoms with Gasteiger partial charge in [0.25, 0.3) is 17.8 Å². The summed E-state index contributed by atoms with van der Waals surface area (Å²) in [5.74, 6) is -1.10. The van der Waals surface area contributed by atoms with E-state index in [0.717, 1.165) is 62.0 Å². The molecule has 4 rings (SSSR count). The summed E-state index contributed by atoms with van der Waals surface area (Å²) in [7, 11) is 1.35. The number of likely N-dealkylation sites (N-methyl/N-ethyl adjacent to an activating group) is 1. The summed E-state index contributed by atoms with van der Waals surface area (Å²) >= 11 is 1.95. The molecule has 2 aliphatic heterocycles. The fraction of sp³-hybridized carbons (Fsp3) is 0.516. The van der Waals surface area contributed by atoms with Crippen LogP contribution in [-0.2, 0) is 21.9 Å². The highest BCUT2D eigenvalue weighted by atomic mass is 32.2. The maximum absolute atomic E-state index is 13.6. The number of likely N-dealkylation sites (tertiary alicyclic amines) is 1. The van der Waals surface area contributed by atoms with E-state index in [4.69, 9.17) is 19.8 Å². The molecular weight excluding hydrogens is 659 g/mol. The van der Waals surface area contributed by atoms with Crippen molar-refractivity contribution in [1.29, 1.82) is 0 Å². The number of hydrogen-bond donors (Lipinski definition) is 2. The molecule has 2 aromatic carbocycles. The summed E-state index contributed by atoms with van der Waals surface area (Å²) in [5, 5.41) is 14.8. The lowest BCUT2D eigenvalue weighted by atomic mass is 9.93. The molecule has 0 aliphatic carbocycles. The lowest BCUT2D eigenvalue weighted by Crippen LogP contribution is -2.61. The lowest BCUT2D eigenvalue weighted by molar-refractivity contribution is -0.143. The number of benzene rings is 2. The highest BCUT2D eigenvalue weighted by Gasteiger charge is 2.38. The van der Waals surface area contributed by atoms with Gasteiger partial charge in [-0.2, -0.15) is 38.1 Å². The number of carbonyl (C=O) groups is 3. The zero-order chi connectivity index (χ0) is 35.5. The van der Waals surface area contributed by atoms with Crippen molar-refractivity contribution in [1.82, 2.24) is 14.7 Å². The molecule has 1 unspecified atom stereocenters. The molecule has 0 saturated carbocycles. The number of halogens is 7. The second-order valence-electron chi connectivity index (χ2n) is 11.1. The van der Waals surface area contributed by atoms with Crippen molar-refractivity contribution in [2.75, 3.05) is 57.8 Å². The third-order valence-corrected chi connectivity index (χ3v) is 8.25. The predicted molar refractivity (Wildman–Crippen MR) is 163 cm³/mol. The first-order chi connectivity index (χ1) is 21.8. The molecule has 2 aromatic rings. The van der Waals surface area contributed by atoms with Gasteiger partial charge in [-0.05, 0) is 48.9 Å². The van der Waals surface area contributed by atoms with E-state index in [9.17, 15) is 35.5 Å². The van der Waals surface area contributed by atoms with E-state index in [1.807, 2.05) is 11.8 Å². The Morgan fingerprint density at radius 3 is 1.81 bits per heavy atom. The monoisotopic (exact) mass is 697 g/mol. The van der Waals surface area contributed by atoms with Gasteiger partial charge in [0.2, 0.25) is 0 Å². The molecule has 2 aliphatic rings. The number of alkyl halides is 6. The summed E-state index contributed by atoms with van der Waals surface area (Å²) in [6, 6.07) is 7.16. The van der Waals surface area contributed by atoms with Crippen LogP contribution in [0.3, 0.4) is 0 Å². The van der Waals surface area contributed by atoms with Crippen LogP contribution in [0.1, 0.15) is 53.2 Å². The quantitative estimate of drug-likeness (QED) is 0.323. The minimum absolute atomic E-state index is 0.00115. The Morgan fingerprint density at radius 1 is 0.894 bits per heavy atom. The number of carboxylic acid groups (broad SMARTS) is 2. The SMILES string of the molecule is CC(=O)O.CC(=O)O.CN(CC(CCN1CC(N2CCSCC2)C1)c1ccc(F)cc1)C(=O)c1cc(C(F)(F)F)cc(C(F)(F)F)c1. The molecule has 2 fully saturated rings. The van der Waals surface area contributed by atoms with Gasteiger partial charge in [0, 0.05) is 82.6 Å². The molecule has 1 amide bonds. The average molecular weight is 698 g/mol. The maximum atomic E-state index is 13.6. The fourth-order valence-corrected chi connectivity index (χ4v) is 5.98. The molecule has 2 N–H and O–H groups in total. The average Bonchev–Trinajstić information content (AvgIpc) is 2.94. The number of thioether (sulfide) groups is 1. The molecule has 0 bridgehead atoms. The molecule has 16 heteroatoms. The van der Waals surface area contributed by atoms with Gasteiger partial charge in [0.15, 0.2) is 0 Å². The standard InChI is InChI=1S/C27H30F7N3OS.2C2H4O2/c1-35(25(38)20-12-21(26(29,30)31)14-22(13-20)27(32,33)34)15-19(18-2-4-23(28)5-3-18)6-7-36-16-24(17-36)37-8-10-39-11-9-37;2*1-2(3)4/h2-5,12-14,19,24H,6-11,15-17H2,1H3;2*1H3,(H,3,4). The van der Waals surface area contributed by atoms with E-state index in [1.54, 1.807) is 12.1 Å². The summed E-state index contributed by atoms with van der Waals surface area (Å²) in [4.78, 5) is 37.0. The van der Waals surface area contributed by atoms with Gasteiger partial charge >= 0.3 is 12.4 Å². The van der Waals surface area contributed by atoms with Crippen molar-refractivity contribution >= 4 is 29.6 Å². The Morgan fingerprint density at radius 2 is 1.36 bits per heavy atom. The van der Waals surface area contributed by atoms with Gasteiger partial charge in [-0.25, -0.2) is 4.39 Å². The molecule has 0 spiro atoms. The second kappa shape index (κ2) is 17.7. The van der Waals surface area contributed by atoms with Crippen LogP contribution in [-0.4, -0.2) is 107 Å². The van der Waals surface area contributed by atoms with E-state index in [2.05, 4.69) is 9.80 Å². The first-order valence-corrected chi connectivity index (χ1v) is 15.7.